The minimum Gasteiger partial charge on any atom is -0.472 e. The summed E-state index contributed by atoms with van der Waals surface area (Å²) in [5.74, 6) is -1.29. The largest absolute Gasteiger partial charge is 0.472 e. The molecular weight excluding hydrogens is 363 g/mol. The van der Waals surface area contributed by atoms with E-state index in [2.05, 4.69) is 10.3 Å². The monoisotopic (exact) mass is 372 g/mol. The number of nitrogens with one attached hydrogen (secondary N) is 1. The number of carbonyl (C=O) groups is 1. The van der Waals surface area contributed by atoms with E-state index in [1.807, 2.05) is 0 Å². The molecule has 1 saturated heterocycles. The van der Waals surface area contributed by atoms with Crippen molar-refractivity contribution in [2.45, 2.75) is 15.9 Å². The highest BCUT2D eigenvalue weighted by molar-refractivity contribution is 7.91. The Morgan fingerprint density at radius 3 is 2.71 bits per heavy atom. The Morgan fingerprint density at radius 1 is 1.43 bits per heavy atom. The molecule has 1 aromatic heterocycles. The van der Waals surface area contributed by atoms with Crippen LogP contribution in [0, 0.1) is 0 Å². The first-order valence-electron chi connectivity index (χ1n) is 5.81. The van der Waals surface area contributed by atoms with Crippen molar-refractivity contribution in [3.8, 4) is 0 Å². The van der Waals surface area contributed by atoms with E-state index in [1.165, 1.54) is 18.7 Å². The van der Waals surface area contributed by atoms with Gasteiger partial charge in [0.25, 0.3) is 9.70 Å². The second-order valence-electron chi connectivity index (χ2n) is 4.56. The zero-order valence-electron chi connectivity index (χ0n) is 10.5. The summed E-state index contributed by atoms with van der Waals surface area (Å²) in [5, 5.41) is 2.40. The molecule has 116 valence electrons. The summed E-state index contributed by atoms with van der Waals surface area (Å²) < 4.78 is 26.1. The molecule has 1 N–H and O–H groups in total. The number of nitrogens with zero attached hydrogens (tertiary/aromatic N) is 1. The Hall–Kier alpha value is -0.760. The number of amides is 1. The lowest BCUT2D eigenvalue weighted by molar-refractivity contribution is -0.120. The minimum absolute atomic E-state index is 0.174. The van der Waals surface area contributed by atoms with Gasteiger partial charge in [-0.15, -0.1) is 0 Å². The first kappa shape index (κ1) is 16.6. The molecule has 0 spiro atoms. The van der Waals surface area contributed by atoms with Crippen LogP contribution in [0.4, 0.5) is 0 Å². The molecule has 1 amide bonds. The molecule has 1 aromatic rings. The van der Waals surface area contributed by atoms with E-state index in [0.717, 1.165) is 0 Å². The molecule has 0 radical (unpaired) electrons. The highest BCUT2D eigenvalue weighted by atomic mass is 35.6. The molecule has 6 nitrogen and oxygen atoms in total. The summed E-state index contributed by atoms with van der Waals surface area (Å²) in [6.07, 6.45) is 4.40. The maximum atomic E-state index is 11.7. The summed E-state index contributed by atoms with van der Waals surface area (Å²) in [5.41, 5.74) is 0.686. The average Bonchev–Trinajstić information content (AvgIpc) is 2.93. The van der Waals surface area contributed by atoms with Crippen LogP contribution in [0.25, 0.3) is 0 Å². The van der Waals surface area contributed by atoms with Crippen LogP contribution < -0.4 is 5.32 Å². The van der Waals surface area contributed by atoms with Crippen LogP contribution in [0.3, 0.4) is 0 Å². The number of alkyl halides is 3. The van der Waals surface area contributed by atoms with Gasteiger partial charge in [-0.05, 0) is 6.07 Å². The third-order valence-corrected chi connectivity index (χ3v) is 5.09. The summed E-state index contributed by atoms with van der Waals surface area (Å²) in [4.78, 5) is 15.8. The third-order valence-electron chi connectivity index (χ3n) is 2.85. The molecule has 0 saturated carbocycles. The van der Waals surface area contributed by atoms with E-state index in [1.54, 1.807) is 6.07 Å². The lowest BCUT2D eigenvalue weighted by atomic mass is 10.2. The minimum atomic E-state index is -3.31. The molecule has 21 heavy (non-hydrogen) atoms. The van der Waals surface area contributed by atoms with Gasteiger partial charge in [-0.3, -0.25) is 9.79 Å². The number of sulfone groups is 1. The lowest BCUT2D eigenvalue weighted by Gasteiger charge is -2.19. The number of halogens is 3. The van der Waals surface area contributed by atoms with Crippen molar-refractivity contribution in [3.63, 3.8) is 0 Å². The molecule has 2 heterocycles. The Bertz CT molecular complexity index is 637. The van der Waals surface area contributed by atoms with Crippen molar-refractivity contribution in [1.82, 2.24) is 5.32 Å². The van der Waals surface area contributed by atoms with E-state index < -0.39 is 31.6 Å². The maximum absolute atomic E-state index is 11.7. The van der Waals surface area contributed by atoms with Crippen molar-refractivity contribution in [2.24, 2.45) is 4.99 Å². The standard InChI is InChI=1S/C11H11Cl3N2O4S/c12-11(13,14)10(17)16-9-6-21(18,19)5-8(9)15-3-7-1-2-20-4-7/h1-4,8-9H,5-6H2,(H,16,17)/t8-,9-/m1/s1. The van der Waals surface area contributed by atoms with Gasteiger partial charge < -0.3 is 9.73 Å². The van der Waals surface area contributed by atoms with Crippen LogP contribution in [0.1, 0.15) is 5.56 Å². The van der Waals surface area contributed by atoms with Crippen molar-refractivity contribution < 1.29 is 17.6 Å². The highest BCUT2D eigenvalue weighted by Gasteiger charge is 2.41. The Kier molecular flexibility index (Phi) is 4.87. The quantitative estimate of drug-likeness (QED) is 0.640. The highest BCUT2D eigenvalue weighted by Crippen LogP contribution is 2.27. The predicted octanol–water partition coefficient (Wildman–Crippen LogP) is 1.35. The second-order valence-corrected chi connectivity index (χ2v) is 8.99. The van der Waals surface area contributed by atoms with Gasteiger partial charge in [0.15, 0.2) is 9.84 Å². The second kappa shape index (κ2) is 6.16. The SMILES string of the molecule is O=C(N[C@@H]1CS(=O)(=O)C[C@H]1N=Cc1ccoc1)C(Cl)(Cl)Cl. The molecule has 0 aromatic carbocycles. The van der Waals surface area contributed by atoms with Gasteiger partial charge in [-0.1, -0.05) is 34.8 Å². The van der Waals surface area contributed by atoms with Gasteiger partial charge in [0.2, 0.25) is 0 Å². The molecule has 10 heteroatoms. The van der Waals surface area contributed by atoms with E-state index in [-0.39, 0.29) is 11.5 Å². The fourth-order valence-electron chi connectivity index (χ4n) is 1.89. The number of furan rings is 1. The van der Waals surface area contributed by atoms with Gasteiger partial charge in [0.05, 0.1) is 36.1 Å². The van der Waals surface area contributed by atoms with Crippen LogP contribution >= 0.6 is 34.8 Å². The Balaban J connectivity index is 2.12. The number of hydrogen-bond donors (Lipinski definition) is 1. The molecule has 1 aliphatic rings. The maximum Gasteiger partial charge on any atom is 0.272 e. The number of rotatable bonds is 3. The lowest BCUT2D eigenvalue weighted by Crippen LogP contribution is -2.46. The molecule has 2 atom stereocenters. The molecule has 2 rings (SSSR count). The summed E-state index contributed by atoms with van der Waals surface area (Å²) in [7, 11) is -3.31. The topological polar surface area (TPSA) is 88.7 Å². The van der Waals surface area contributed by atoms with Gasteiger partial charge in [0, 0.05) is 11.8 Å². The van der Waals surface area contributed by atoms with Crippen molar-refractivity contribution in [3.05, 3.63) is 24.2 Å². The molecule has 1 fully saturated rings. The molecule has 0 aliphatic carbocycles. The summed E-state index contributed by atoms with van der Waals surface area (Å²) in [6.45, 7) is 0. The van der Waals surface area contributed by atoms with Gasteiger partial charge in [0.1, 0.15) is 0 Å². The van der Waals surface area contributed by atoms with Crippen LogP contribution in [-0.2, 0) is 14.6 Å². The Labute approximate surface area is 136 Å². The van der Waals surface area contributed by atoms with Crippen LogP contribution in [-0.4, -0.2) is 47.9 Å². The number of hydrogen-bond acceptors (Lipinski definition) is 5. The first-order valence-corrected chi connectivity index (χ1v) is 8.76. The predicted molar refractivity (Wildman–Crippen MR) is 81.0 cm³/mol. The van der Waals surface area contributed by atoms with Gasteiger partial charge in [-0.25, -0.2) is 8.42 Å². The normalized spacial score (nSPS) is 25.3. The fourth-order valence-corrected chi connectivity index (χ4v) is 3.89. The molecule has 1 aliphatic heterocycles. The third kappa shape index (κ3) is 4.60. The van der Waals surface area contributed by atoms with Crippen LogP contribution in [0.5, 0.6) is 0 Å². The smallest absolute Gasteiger partial charge is 0.272 e. The van der Waals surface area contributed by atoms with Crippen molar-refractivity contribution >= 4 is 56.8 Å². The number of aliphatic imine (C=N–C) groups is 1. The Morgan fingerprint density at radius 2 is 2.14 bits per heavy atom. The first-order chi connectivity index (χ1) is 9.67. The van der Waals surface area contributed by atoms with Crippen molar-refractivity contribution in [2.75, 3.05) is 11.5 Å². The van der Waals surface area contributed by atoms with E-state index in [9.17, 15) is 13.2 Å². The molecular formula is C11H11Cl3N2O4S. The van der Waals surface area contributed by atoms with Crippen molar-refractivity contribution in [1.29, 1.82) is 0 Å². The summed E-state index contributed by atoms with van der Waals surface area (Å²) >= 11 is 16.4. The zero-order valence-corrected chi connectivity index (χ0v) is 13.6. The molecule has 0 unspecified atom stereocenters. The van der Waals surface area contributed by atoms with Crippen LogP contribution in [0.15, 0.2) is 28.0 Å². The van der Waals surface area contributed by atoms with Gasteiger partial charge in [-0.2, -0.15) is 0 Å². The van der Waals surface area contributed by atoms with Gasteiger partial charge >= 0.3 is 0 Å². The molecule has 0 bridgehead atoms. The zero-order chi connectivity index (χ0) is 15.7. The van der Waals surface area contributed by atoms with Crippen LogP contribution in [0.2, 0.25) is 0 Å². The number of carbonyl (C=O) groups excluding carboxylic acids is 1. The van der Waals surface area contributed by atoms with E-state index in [4.69, 9.17) is 39.2 Å². The fraction of sp³-hybridized carbons (Fsp3) is 0.455. The van der Waals surface area contributed by atoms with E-state index >= 15 is 0 Å². The van der Waals surface area contributed by atoms with E-state index in [0.29, 0.717) is 5.56 Å². The average molecular weight is 374 g/mol. The summed E-state index contributed by atoms with van der Waals surface area (Å²) in [6, 6.07) is 0.296.